The minimum absolute atomic E-state index is 0.342. The maximum atomic E-state index is 5.69. The molecule has 0 aliphatic heterocycles. The molecule has 1 rings (SSSR count). The van der Waals surface area contributed by atoms with Gasteiger partial charge in [0.05, 0.1) is 11.4 Å². The Morgan fingerprint density at radius 1 is 1.83 bits per heavy atom. The van der Waals surface area contributed by atoms with Crippen LogP contribution in [0.1, 0.15) is 24.4 Å². The average Bonchev–Trinajstić information content (AvgIpc) is 2.45. The van der Waals surface area contributed by atoms with Crippen molar-refractivity contribution < 1.29 is 0 Å². The van der Waals surface area contributed by atoms with E-state index in [2.05, 4.69) is 11.0 Å². The number of terminal acetylenes is 1. The van der Waals surface area contributed by atoms with Crippen molar-refractivity contribution in [1.82, 2.24) is 9.78 Å². The molecular weight excluding hydrogens is 150 g/mol. The lowest BCUT2D eigenvalue weighted by atomic mass is 10.2. The summed E-state index contributed by atoms with van der Waals surface area (Å²) >= 11 is 0. The Morgan fingerprint density at radius 2 is 2.50 bits per heavy atom. The van der Waals surface area contributed by atoms with Crippen LogP contribution in [0.3, 0.4) is 0 Å². The maximum absolute atomic E-state index is 5.69. The van der Waals surface area contributed by atoms with Crippen molar-refractivity contribution in [3.8, 4) is 12.3 Å². The zero-order valence-corrected chi connectivity index (χ0v) is 7.41. The Kier molecular flexibility index (Phi) is 2.51. The number of aryl methyl sites for hydroxylation is 2. The van der Waals surface area contributed by atoms with Gasteiger partial charge in [0.15, 0.2) is 0 Å². The van der Waals surface area contributed by atoms with Gasteiger partial charge in [-0.2, -0.15) is 5.10 Å². The van der Waals surface area contributed by atoms with Crippen LogP contribution in [-0.4, -0.2) is 9.78 Å². The Morgan fingerprint density at radius 3 is 3.00 bits per heavy atom. The average molecular weight is 163 g/mol. The summed E-state index contributed by atoms with van der Waals surface area (Å²) in [6.07, 6.45) is 5.22. The van der Waals surface area contributed by atoms with E-state index in [9.17, 15) is 0 Å². The van der Waals surface area contributed by atoms with E-state index in [1.165, 1.54) is 0 Å². The van der Waals surface area contributed by atoms with Crippen molar-refractivity contribution in [3.05, 3.63) is 17.5 Å². The SMILES string of the molecule is C#CC(N)c1cc(C)nn1CC. The van der Waals surface area contributed by atoms with Gasteiger partial charge in [0.1, 0.15) is 6.04 Å². The molecule has 0 bridgehead atoms. The van der Waals surface area contributed by atoms with Gasteiger partial charge in [0.25, 0.3) is 0 Å². The van der Waals surface area contributed by atoms with Crippen LogP contribution in [-0.2, 0) is 6.54 Å². The van der Waals surface area contributed by atoms with Gasteiger partial charge >= 0.3 is 0 Å². The normalized spacial score (nSPS) is 12.5. The standard InChI is InChI=1S/C9H13N3/c1-4-8(10)9-6-7(3)11-12(9)5-2/h1,6,8H,5,10H2,2-3H3. The topological polar surface area (TPSA) is 43.8 Å². The van der Waals surface area contributed by atoms with Crippen LogP contribution >= 0.6 is 0 Å². The first kappa shape index (κ1) is 8.82. The van der Waals surface area contributed by atoms with Crippen LogP contribution < -0.4 is 5.73 Å². The number of hydrogen-bond acceptors (Lipinski definition) is 2. The number of rotatable bonds is 2. The first-order chi connectivity index (χ1) is 5.69. The van der Waals surface area contributed by atoms with Crippen LogP contribution in [0, 0.1) is 19.3 Å². The Bertz CT molecular complexity index is 306. The molecule has 3 nitrogen and oxygen atoms in total. The molecular formula is C9H13N3. The lowest BCUT2D eigenvalue weighted by Crippen LogP contribution is -2.13. The summed E-state index contributed by atoms with van der Waals surface area (Å²) in [6.45, 7) is 4.75. The summed E-state index contributed by atoms with van der Waals surface area (Å²) < 4.78 is 1.83. The van der Waals surface area contributed by atoms with Gasteiger partial charge in [-0.15, -0.1) is 6.42 Å². The fraction of sp³-hybridized carbons (Fsp3) is 0.444. The molecule has 0 aliphatic rings. The van der Waals surface area contributed by atoms with Gasteiger partial charge < -0.3 is 5.73 Å². The van der Waals surface area contributed by atoms with Crippen LogP contribution in [0.4, 0.5) is 0 Å². The molecule has 0 amide bonds. The maximum Gasteiger partial charge on any atom is 0.109 e. The predicted octanol–water partition coefficient (Wildman–Crippen LogP) is 0.844. The second-order valence-electron chi connectivity index (χ2n) is 2.67. The molecule has 0 fully saturated rings. The second kappa shape index (κ2) is 3.42. The highest BCUT2D eigenvalue weighted by Gasteiger charge is 2.09. The zero-order valence-electron chi connectivity index (χ0n) is 7.41. The van der Waals surface area contributed by atoms with Crippen molar-refractivity contribution in [1.29, 1.82) is 0 Å². The molecule has 0 saturated heterocycles. The van der Waals surface area contributed by atoms with Gasteiger partial charge in [-0.3, -0.25) is 4.68 Å². The molecule has 2 N–H and O–H groups in total. The lowest BCUT2D eigenvalue weighted by molar-refractivity contribution is 0.606. The molecule has 0 aliphatic carbocycles. The Hall–Kier alpha value is -1.27. The minimum atomic E-state index is -0.342. The molecule has 12 heavy (non-hydrogen) atoms. The smallest absolute Gasteiger partial charge is 0.109 e. The van der Waals surface area contributed by atoms with E-state index in [1.807, 2.05) is 24.6 Å². The van der Waals surface area contributed by atoms with Gasteiger partial charge in [-0.05, 0) is 19.9 Å². The highest BCUT2D eigenvalue weighted by atomic mass is 15.3. The van der Waals surface area contributed by atoms with Crippen molar-refractivity contribution in [2.24, 2.45) is 5.73 Å². The molecule has 1 aromatic heterocycles. The molecule has 0 radical (unpaired) electrons. The first-order valence-corrected chi connectivity index (χ1v) is 3.95. The number of hydrogen-bond donors (Lipinski definition) is 1. The number of nitrogens with two attached hydrogens (primary N) is 1. The second-order valence-corrected chi connectivity index (χ2v) is 2.67. The predicted molar refractivity (Wildman–Crippen MR) is 48.4 cm³/mol. The van der Waals surface area contributed by atoms with Gasteiger partial charge in [-0.1, -0.05) is 5.92 Å². The van der Waals surface area contributed by atoms with E-state index >= 15 is 0 Å². The number of nitrogens with zero attached hydrogens (tertiary/aromatic N) is 2. The van der Waals surface area contributed by atoms with E-state index in [4.69, 9.17) is 12.2 Å². The summed E-state index contributed by atoms with van der Waals surface area (Å²) in [7, 11) is 0. The molecule has 0 aromatic carbocycles. The van der Waals surface area contributed by atoms with Gasteiger partial charge in [-0.25, -0.2) is 0 Å². The highest BCUT2D eigenvalue weighted by molar-refractivity contribution is 5.20. The van der Waals surface area contributed by atoms with Gasteiger partial charge in [0.2, 0.25) is 0 Å². The third-order valence-corrected chi connectivity index (χ3v) is 1.73. The quantitative estimate of drug-likeness (QED) is 0.657. The van der Waals surface area contributed by atoms with Crippen LogP contribution in [0.2, 0.25) is 0 Å². The van der Waals surface area contributed by atoms with E-state index in [1.54, 1.807) is 0 Å². The molecule has 3 heteroatoms. The third kappa shape index (κ3) is 1.49. The van der Waals surface area contributed by atoms with E-state index in [0.717, 1.165) is 17.9 Å². The molecule has 0 spiro atoms. The van der Waals surface area contributed by atoms with Gasteiger partial charge in [0, 0.05) is 6.54 Å². The Labute approximate surface area is 72.6 Å². The molecule has 1 atom stereocenters. The van der Waals surface area contributed by atoms with Crippen molar-refractivity contribution in [3.63, 3.8) is 0 Å². The molecule has 1 unspecified atom stereocenters. The zero-order chi connectivity index (χ0) is 9.14. The summed E-state index contributed by atoms with van der Waals surface area (Å²) in [5.41, 5.74) is 7.56. The monoisotopic (exact) mass is 163 g/mol. The Balaban J connectivity index is 3.06. The lowest BCUT2D eigenvalue weighted by Gasteiger charge is -2.05. The molecule has 64 valence electrons. The number of aromatic nitrogens is 2. The third-order valence-electron chi connectivity index (χ3n) is 1.73. The fourth-order valence-corrected chi connectivity index (χ4v) is 1.15. The van der Waals surface area contributed by atoms with Crippen molar-refractivity contribution >= 4 is 0 Å². The van der Waals surface area contributed by atoms with Crippen LogP contribution in [0.25, 0.3) is 0 Å². The summed E-state index contributed by atoms with van der Waals surface area (Å²) in [6, 6.07) is 1.58. The largest absolute Gasteiger partial charge is 0.313 e. The fourth-order valence-electron chi connectivity index (χ4n) is 1.15. The van der Waals surface area contributed by atoms with Crippen molar-refractivity contribution in [2.45, 2.75) is 26.4 Å². The molecule has 0 saturated carbocycles. The molecule has 1 aromatic rings. The highest BCUT2D eigenvalue weighted by Crippen LogP contribution is 2.10. The van der Waals surface area contributed by atoms with Crippen molar-refractivity contribution in [2.75, 3.05) is 0 Å². The first-order valence-electron chi connectivity index (χ1n) is 3.95. The minimum Gasteiger partial charge on any atom is -0.313 e. The van der Waals surface area contributed by atoms with E-state index in [-0.39, 0.29) is 6.04 Å². The summed E-state index contributed by atoms with van der Waals surface area (Å²) in [5.74, 6) is 2.49. The van der Waals surface area contributed by atoms with E-state index < -0.39 is 0 Å². The van der Waals surface area contributed by atoms with Crippen LogP contribution in [0.5, 0.6) is 0 Å². The molecule has 1 heterocycles. The summed E-state index contributed by atoms with van der Waals surface area (Å²) in [5, 5.41) is 4.24. The summed E-state index contributed by atoms with van der Waals surface area (Å²) in [4.78, 5) is 0. The van der Waals surface area contributed by atoms with E-state index in [0.29, 0.717) is 0 Å². The van der Waals surface area contributed by atoms with Crippen LogP contribution in [0.15, 0.2) is 6.07 Å².